The Kier molecular flexibility index (Phi) is 5.25. The van der Waals surface area contributed by atoms with Gasteiger partial charge in [0.25, 0.3) is 0 Å². The first kappa shape index (κ1) is 15.8. The number of nitrogens with one attached hydrogen (secondary N) is 1. The first-order valence-electron chi connectivity index (χ1n) is 6.22. The quantitative estimate of drug-likeness (QED) is 0.851. The molecule has 0 amide bonds. The van der Waals surface area contributed by atoms with Crippen molar-refractivity contribution >= 4 is 15.8 Å². The Morgan fingerprint density at radius 1 is 1.32 bits per heavy atom. The Labute approximate surface area is 115 Å². The molecule has 0 fully saturated rings. The molecule has 0 aliphatic carbocycles. The predicted octanol–water partition coefficient (Wildman–Crippen LogP) is 1.21. The second-order valence-electron chi connectivity index (χ2n) is 4.93. The number of sulfonamides is 1. The number of nitrogens with zero attached hydrogens (tertiary/aromatic N) is 3. The molecule has 0 spiro atoms. The molecule has 0 aliphatic rings. The Morgan fingerprint density at radius 2 is 1.95 bits per heavy atom. The molecule has 0 aliphatic heterocycles. The fourth-order valence-corrected chi connectivity index (χ4v) is 2.16. The van der Waals surface area contributed by atoms with Crippen molar-refractivity contribution in [2.45, 2.75) is 26.7 Å². The average Bonchev–Trinajstić information content (AvgIpc) is 2.27. The summed E-state index contributed by atoms with van der Waals surface area (Å²) in [5.74, 6) is 1.72. The van der Waals surface area contributed by atoms with Gasteiger partial charge >= 0.3 is 0 Å². The zero-order chi connectivity index (χ0) is 14.6. The lowest BCUT2D eigenvalue weighted by molar-refractivity contribution is 0.521. The van der Waals surface area contributed by atoms with Crippen molar-refractivity contribution in [1.29, 1.82) is 0 Å². The second-order valence-corrected chi connectivity index (χ2v) is 7.24. The van der Waals surface area contributed by atoms with E-state index in [1.807, 2.05) is 26.8 Å². The Balaban J connectivity index is 2.69. The molecule has 0 atom stereocenters. The molecule has 7 heteroatoms. The number of anilines is 1. The van der Waals surface area contributed by atoms with Crippen LogP contribution in [-0.2, 0) is 10.0 Å². The number of aromatic nitrogens is 2. The molecule has 1 aromatic rings. The van der Waals surface area contributed by atoms with Gasteiger partial charge in [-0.15, -0.1) is 0 Å². The average molecular weight is 286 g/mol. The minimum absolute atomic E-state index is 0.0417. The molecular formula is C12H22N4O2S. The van der Waals surface area contributed by atoms with E-state index in [-0.39, 0.29) is 11.7 Å². The van der Waals surface area contributed by atoms with Crippen molar-refractivity contribution in [3.05, 3.63) is 17.6 Å². The monoisotopic (exact) mass is 286 g/mol. The maximum Gasteiger partial charge on any atom is 0.215 e. The smallest absolute Gasteiger partial charge is 0.215 e. The molecule has 0 bridgehead atoms. The summed E-state index contributed by atoms with van der Waals surface area (Å²) in [5.41, 5.74) is 0.872. The third-order valence-corrected chi connectivity index (χ3v) is 4.44. The van der Waals surface area contributed by atoms with Gasteiger partial charge in [0.2, 0.25) is 10.0 Å². The van der Waals surface area contributed by atoms with Crippen LogP contribution in [0.3, 0.4) is 0 Å². The summed E-state index contributed by atoms with van der Waals surface area (Å²) in [4.78, 5) is 8.71. The molecule has 0 unspecified atom stereocenters. The minimum Gasteiger partial charge on any atom is -0.369 e. The minimum atomic E-state index is -3.18. The van der Waals surface area contributed by atoms with Crippen molar-refractivity contribution < 1.29 is 8.42 Å². The van der Waals surface area contributed by atoms with Gasteiger partial charge in [0.05, 0.1) is 5.75 Å². The number of rotatable bonds is 6. The first-order chi connectivity index (χ1) is 8.72. The van der Waals surface area contributed by atoms with Gasteiger partial charge in [-0.25, -0.2) is 22.7 Å². The summed E-state index contributed by atoms with van der Waals surface area (Å²) < 4.78 is 24.5. The van der Waals surface area contributed by atoms with Crippen LogP contribution >= 0.6 is 0 Å². The van der Waals surface area contributed by atoms with Crippen molar-refractivity contribution in [1.82, 2.24) is 14.3 Å². The molecule has 1 aromatic heterocycles. The van der Waals surface area contributed by atoms with Gasteiger partial charge in [0.1, 0.15) is 11.6 Å². The van der Waals surface area contributed by atoms with Gasteiger partial charge in [-0.2, -0.15) is 0 Å². The van der Waals surface area contributed by atoms with E-state index in [4.69, 9.17) is 0 Å². The van der Waals surface area contributed by atoms with Gasteiger partial charge in [0, 0.05) is 38.3 Å². The lowest BCUT2D eigenvalue weighted by Gasteiger charge is -2.13. The topological polar surface area (TPSA) is 75.2 Å². The van der Waals surface area contributed by atoms with Crippen molar-refractivity contribution in [2.75, 3.05) is 31.7 Å². The third-order valence-electron chi connectivity index (χ3n) is 2.61. The largest absolute Gasteiger partial charge is 0.369 e. The van der Waals surface area contributed by atoms with E-state index in [0.29, 0.717) is 12.4 Å². The summed E-state index contributed by atoms with van der Waals surface area (Å²) in [6.07, 6.45) is 0. The standard InChI is InChI=1S/C12H22N4O2S/c1-9(2)12-14-10(3)8-11(15-12)13-6-7-19(17,18)16(4)5/h8-9H,6-7H2,1-5H3,(H,13,14,15). The SMILES string of the molecule is Cc1cc(NCCS(=O)(=O)N(C)C)nc(C(C)C)n1. The molecule has 1 heterocycles. The zero-order valence-electron chi connectivity index (χ0n) is 12.1. The third kappa shape index (κ3) is 4.76. The van der Waals surface area contributed by atoms with Crippen LogP contribution in [0.4, 0.5) is 5.82 Å². The van der Waals surface area contributed by atoms with Gasteiger partial charge in [-0.3, -0.25) is 0 Å². The molecule has 108 valence electrons. The number of hydrogen-bond acceptors (Lipinski definition) is 5. The lowest BCUT2D eigenvalue weighted by Crippen LogP contribution is -2.28. The van der Waals surface area contributed by atoms with E-state index in [1.54, 1.807) is 0 Å². The fourth-order valence-electron chi connectivity index (χ4n) is 1.43. The lowest BCUT2D eigenvalue weighted by atomic mass is 10.2. The Bertz CT molecular complexity index is 527. The summed E-state index contributed by atoms with van der Waals surface area (Å²) in [6.45, 7) is 6.27. The van der Waals surface area contributed by atoms with E-state index in [0.717, 1.165) is 11.5 Å². The van der Waals surface area contributed by atoms with Crippen LogP contribution in [0.5, 0.6) is 0 Å². The van der Waals surface area contributed by atoms with E-state index in [2.05, 4.69) is 15.3 Å². The molecule has 0 radical (unpaired) electrons. The summed E-state index contributed by atoms with van der Waals surface area (Å²) >= 11 is 0. The number of aryl methyl sites for hydroxylation is 1. The maximum absolute atomic E-state index is 11.6. The normalized spacial score (nSPS) is 12.2. The van der Waals surface area contributed by atoms with Crippen LogP contribution in [0.15, 0.2) is 6.07 Å². The van der Waals surface area contributed by atoms with E-state index in [9.17, 15) is 8.42 Å². The summed E-state index contributed by atoms with van der Waals surface area (Å²) in [5, 5.41) is 3.03. The fraction of sp³-hybridized carbons (Fsp3) is 0.667. The zero-order valence-corrected chi connectivity index (χ0v) is 13.0. The maximum atomic E-state index is 11.6. The van der Waals surface area contributed by atoms with Crippen LogP contribution in [0.2, 0.25) is 0 Å². The van der Waals surface area contributed by atoms with Crippen molar-refractivity contribution in [3.63, 3.8) is 0 Å². The van der Waals surface area contributed by atoms with Gasteiger partial charge in [-0.05, 0) is 6.92 Å². The van der Waals surface area contributed by atoms with E-state index < -0.39 is 10.0 Å². The predicted molar refractivity (Wildman–Crippen MR) is 76.8 cm³/mol. The molecule has 1 N–H and O–H groups in total. The van der Waals surface area contributed by atoms with Gasteiger partial charge in [0.15, 0.2) is 0 Å². The summed E-state index contributed by atoms with van der Waals surface area (Å²) in [7, 11) is -0.120. The molecule has 1 rings (SSSR count). The first-order valence-corrected chi connectivity index (χ1v) is 7.83. The molecule has 0 aromatic carbocycles. The van der Waals surface area contributed by atoms with Crippen LogP contribution in [0.25, 0.3) is 0 Å². The van der Waals surface area contributed by atoms with Crippen molar-refractivity contribution in [2.24, 2.45) is 0 Å². The molecule has 19 heavy (non-hydrogen) atoms. The molecule has 6 nitrogen and oxygen atoms in total. The molecule has 0 saturated heterocycles. The highest BCUT2D eigenvalue weighted by atomic mass is 32.2. The Hall–Kier alpha value is -1.21. The Morgan fingerprint density at radius 3 is 2.47 bits per heavy atom. The highest BCUT2D eigenvalue weighted by Gasteiger charge is 2.13. The van der Waals surface area contributed by atoms with Crippen LogP contribution < -0.4 is 5.32 Å². The van der Waals surface area contributed by atoms with Crippen LogP contribution in [-0.4, -0.2) is 49.1 Å². The summed E-state index contributed by atoms with van der Waals surface area (Å²) in [6, 6.07) is 1.81. The van der Waals surface area contributed by atoms with Crippen molar-refractivity contribution in [3.8, 4) is 0 Å². The highest BCUT2D eigenvalue weighted by Crippen LogP contribution is 2.13. The van der Waals surface area contributed by atoms with Gasteiger partial charge in [-0.1, -0.05) is 13.8 Å². The number of hydrogen-bond donors (Lipinski definition) is 1. The van der Waals surface area contributed by atoms with Crippen LogP contribution in [0, 0.1) is 6.92 Å². The molecule has 0 saturated carbocycles. The molecular weight excluding hydrogens is 264 g/mol. The highest BCUT2D eigenvalue weighted by molar-refractivity contribution is 7.89. The van der Waals surface area contributed by atoms with Crippen LogP contribution in [0.1, 0.15) is 31.3 Å². The van der Waals surface area contributed by atoms with E-state index in [1.165, 1.54) is 18.4 Å². The van der Waals surface area contributed by atoms with E-state index >= 15 is 0 Å². The van der Waals surface area contributed by atoms with Gasteiger partial charge < -0.3 is 5.32 Å². The second kappa shape index (κ2) is 6.29.